The Balaban J connectivity index is 2.08. The first-order valence-electron chi connectivity index (χ1n) is 5.72. The van der Waals surface area contributed by atoms with Gasteiger partial charge in [0.25, 0.3) is 0 Å². The number of hydrogen-bond donors (Lipinski definition) is 1. The van der Waals surface area contributed by atoms with Crippen LogP contribution in [-0.2, 0) is 0 Å². The van der Waals surface area contributed by atoms with Crippen LogP contribution >= 0.6 is 11.3 Å². The molecule has 3 nitrogen and oxygen atoms in total. The molecule has 4 heteroatoms. The zero-order valence-electron chi connectivity index (χ0n) is 9.58. The summed E-state index contributed by atoms with van der Waals surface area (Å²) in [6, 6.07) is 2.66. The molecule has 0 radical (unpaired) electrons. The Bertz CT molecular complexity index is 487. The number of thiazole rings is 1. The standard InChI is InChI=1S/C12H15N3S/c1-7-6-10-11(14-8(7)2)15-12(16-10)9-4-3-5-13-9/h6,9,13H,3-5H2,1-2H3/t9-/m1/s1. The van der Waals surface area contributed by atoms with Gasteiger partial charge in [-0.1, -0.05) is 0 Å². The summed E-state index contributed by atoms with van der Waals surface area (Å²) >= 11 is 1.78. The zero-order chi connectivity index (χ0) is 11.1. The van der Waals surface area contributed by atoms with E-state index in [-0.39, 0.29) is 0 Å². The topological polar surface area (TPSA) is 37.8 Å². The molecule has 1 aliphatic heterocycles. The van der Waals surface area contributed by atoms with Gasteiger partial charge in [-0.3, -0.25) is 0 Å². The fraction of sp³-hybridized carbons (Fsp3) is 0.500. The molecule has 0 saturated carbocycles. The van der Waals surface area contributed by atoms with Gasteiger partial charge in [-0.15, -0.1) is 11.3 Å². The molecule has 0 spiro atoms. The van der Waals surface area contributed by atoms with Crippen LogP contribution in [0.3, 0.4) is 0 Å². The summed E-state index contributed by atoms with van der Waals surface area (Å²) < 4.78 is 1.21. The Morgan fingerprint density at radius 3 is 3.00 bits per heavy atom. The molecule has 1 saturated heterocycles. The van der Waals surface area contributed by atoms with Crippen molar-refractivity contribution in [2.24, 2.45) is 0 Å². The highest BCUT2D eigenvalue weighted by Gasteiger charge is 2.20. The van der Waals surface area contributed by atoms with Crippen molar-refractivity contribution >= 4 is 21.7 Å². The number of aryl methyl sites for hydroxylation is 2. The Kier molecular flexibility index (Phi) is 2.41. The van der Waals surface area contributed by atoms with E-state index in [4.69, 9.17) is 0 Å². The van der Waals surface area contributed by atoms with Gasteiger partial charge in [0.2, 0.25) is 0 Å². The van der Waals surface area contributed by atoms with Gasteiger partial charge < -0.3 is 5.32 Å². The minimum Gasteiger partial charge on any atom is -0.308 e. The molecule has 84 valence electrons. The van der Waals surface area contributed by atoms with E-state index in [1.807, 2.05) is 6.92 Å². The second-order valence-electron chi connectivity index (χ2n) is 4.41. The van der Waals surface area contributed by atoms with Crippen molar-refractivity contribution in [1.82, 2.24) is 15.3 Å². The Hall–Kier alpha value is -1.00. The van der Waals surface area contributed by atoms with Crippen LogP contribution < -0.4 is 5.32 Å². The van der Waals surface area contributed by atoms with Crippen LogP contribution in [0, 0.1) is 13.8 Å². The second kappa shape index (κ2) is 3.79. The highest BCUT2D eigenvalue weighted by Crippen LogP contribution is 2.30. The van der Waals surface area contributed by atoms with Crippen molar-refractivity contribution in [1.29, 1.82) is 0 Å². The molecule has 1 aliphatic rings. The quantitative estimate of drug-likeness (QED) is 0.823. The van der Waals surface area contributed by atoms with Crippen molar-refractivity contribution in [3.05, 3.63) is 22.3 Å². The third-order valence-electron chi connectivity index (χ3n) is 3.20. The third kappa shape index (κ3) is 1.62. The predicted octanol–water partition coefficient (Wildman–Crippen LogP) is 2.73. The maximum absolute atomic E-state index is 4.64. The number of aromatic nitrogens is 2. The molecular formula is C12H15N3S. The predicted molar refractivity (Wildman–Crippen MR) is 66.9 cm³/mol. The summed E-state index contributed by atoms with van der Waals surface area (Å²) in [4.78, 5) is 9.18. The first kappa shape index (κ1) is 10.2. The second-order valence-corrected chi connectivity index (χ2v) is 5.48. The van der Waals surface area contributed by atoms with Crippen LogP contribution in [0.4, 0.5) is 0 Å². The molecule has 16 heavy (non-hydrogen) atoms. The Morgan fingerprint density at radius 1 is 1.38 bits per heavy atom. The smallest absolute Gasteiger partial charge is 0.170 e. The summed E-state index contributed by atoms with van der Waals surface area (Å²) in [5.74, 6) is 0. The van der Waals surface area contributed by atoms with Crippen molar-refractivity contribution in [3.8, 4) is 0 Å². The van der Waals surface area contributed by atoms with Gasteiger partial charge in [0.15, 0.2) is 5.65 Å². The van der Waals surface area contributed by atoms with Gasteiger partial charge in [0, 0.05) is 5.69 Å². The van der Waals surface area contributed by atoms with E-state index in [0.717, 1.165) is 17.9 Å². The van der Waals surface area contributed by atoms with Crippen LogP contribution in [0.1, 0.15) is 35.1 Å². The number of fused-ring (bicyclic) bond motifs is 1. The molecule has 0 bridgehead atoms. The van der Waals surface area contributed by atoms with E-state index in [0.29, 0.717) is 6.04 Å². The summed E-state index contributed by atoms with van der Waals surface area (Å²) in [7, 11) is 0. The fourth-order valence-electron chi connectivity index (χ4n) is 2.11. The average molecular weight is 233 g/mol. The van der Waals surface area contributed by atoms with E-state index >= 15 is 0 Å². The Labute approximate surface area is 98.9 Å². The molecule has 3 rings (SSSR count). The molecule has 3 heterocycles. The molecule has 2 aromatic heterocycles. The highest BCUT2D eigenvalue weighted by atomic mass is 32.1. The lowest BCUT2D eigenvalue weighted by molar-refractivity contribution is 0.644. The number of rotatable bonds is 1. The van der Waals surface area contributed by atoms with E-state index < -0.39 is 0 Å². The van der Waals surface area contributed by atoms with E-state index in [1.54, 1.807) is 11.3 Å². The zero-order valence-corrected chi connectivity index (χ0v) is 10.4. The normalized spacial score (nSPS) is 20.8. The van der Waals surface area contributed by atoms with E-state index in [9.17, 15) is 0 Å². The maximum Gasteiger partial charge on any atom is 0.170 e. The number of nitrogens with zero attached hydrogens (tertiary/aromatic N) is 2. The average Bonchev–Trinajstić information content (AvgIpc) is 2.86. The summed E-state index contributed by atoms with van der Waals surface area (Å²) in [6.45, 7) is 5.27. The molecule has 1 fully saturated rings. The van der Waals surface area contributed by atoms with Crippen LogP contribution in [0.2, 0.25) is 0 Å². The van der Waals surface area contributed by atoms with E-state index in [2.05, 4.69) is 28.3 Å². The lowest BCUT2D eigenvalue weighted by atomic mass is 10.2. The van der Waals surface area contributed by atoms with Gasteiger partial charge >= 0.3 is 0 Å². The summed E-state index contributed by atoms with van der Waals surface area (Å²) in [5, 5.41) is 4.68. The Morgan fingerprint density at radius 2 is 2.25 bits per heavy atom. The van der Waals surface area contributed by atoms with Crippen LogP contribution in [0.5, 0.6) is 0 Å². The lowest BCUT2D eigenvalue weighted by Crippen LogP contribution is -2.12. The van der Waals surface area contributed by atoms with Crippen molar-refractivity contribution in [2.75, 3.05) is 6.54 Å². The molecule has 0 aliphatic carbocycles. The molecule has 1 N–H and O–H groups in total. The largest absolute Gasteiger partial charge is 0.308 e. The number of hydrogen-bond acceptors (Lipinski definition) is 4. The van der Waals surface area contributed by atoms with Crippen LogP contribution in [0.15, 0.2) is 6.07 Å². The minimum atomic E-state index is 0.458. The SMILES string of the molecule is Cc1cc2sc([C@H]3CCCN3)nc2nc1C. The van der Waals surface area contributed by atoms with Gasteiger partial charge in [0.1, 0.15) is 5.01 Å². The van der Waals surface area contributed by atoms with Crippen molar-refractivity contribution < 1.29 is 0 Å². The lowest BCUT2D eigenvalue weighted by Gasteiger charge is -2.03. The molecule has 0 aromatic carbocycles. The first-order valence-corrected chi connectivity index (χ1v) is 6.54. The van der Waals surface area contributed by atoms with E-state index in [1.165, 1.54) is 28.1 Å². The van der Waals surface area contributed by atoms with Crippen molar-refractivity contribution in [3.63, 3.8) is 0 Å². The van der Waals surface area contributed by atoms with Crippen LogP contribution in [0.25, 0.3) is 10.3 Å². The van der Waals surface area contributed by atoms with Crippen molar-refractivity contribution in [2.45, 2.75) is 32.7 Å². The fourth-order valence-corrected chi connectivity index (χ4v) is 3.23. The monoisotopic (exact) mass is 233 g/mol. The van der Waals surface area contributed by atoms with Crippen LogP contribution in [-0.4, -0.2) is 16.5 Å². The maximum atomic E-state index is 4.64. The molecule has 2 aromatic rings. The highest BCUT2D eigenvalue weighted by molar-refractivity contribution is 7.18. The first-order chi connectivity index (χ1) is 7.74. The van der Waals surface area contributed by atoms with Gasteiger partial charge in [-0.05, 0) is 44.9 Å². The minimum absolute atomic E-state index is 0.458. The number of nitrogens with one attached hydrogen (secondary N) is 1. The van der Waals surface area contributed by atoms with Gasteiger partial charge in [-0.25, -0.2) is 9.97 Å². The molecule has 1 atom stereocenters. The molecular weight excluding hydrogens is 218 g/mol. The van der Waals surface area contributed by atoms with Gasteiger partial charge in [0.05, 0.1) is 10.7 Å². The molecule has 0 unspecified atom stereocenters. The summed E-state index contributed by atoms with van der Waals surface area (Å²) in [6.07, 6.45) is 2.46. The number of pyridine rings is 1. The third-order valence-corrected chi connectivity index (χ3v) is 4.31. The van der Waals surface area contributed by atoms with Gasteiger partial charge in [-0.2, -0.15) is 0 Å². The molecule has 0 amide bonds. The summed E-state index contributed by atoms with van der Waals surface area (Å²) in [5.41, 5.74) is 3.25.